The first-order chi connectivity index (χ1) is 12.1. The Hall–Kier alpha value is -2.18. The number of hydrogen-bond donors (Lipinski definition) is 1. The van der Waals surface area contributed by atoms with E-state index < -0.39 is 0 Å². The van der Waals surface area contributed by atoms with Crippen LogP contribution < -0.4 is 10.1 Å². The Bertz CT molecular complexity index is 734. The van der Waals surface area contributed by atoms with Crippen molar-refractivity contribution in [2.24, 2.45) is 0 Å². The number of nitrogens with zero attached hydrogens (tertiary/aromatic N) is 1. The molecule has 1 aromatic carbocycles. The Kier molecular flexibility index (Phi) is 5.83. The van der Waals surface area contributed by atoms with Crippen LogP contribution in [-0.2, 0) is 11.3 Å². The van der Waals surface area contributed by atoms with Gasteiger partial charge in [-0.2, -0.15) is 0 Å². The van der Waals surface area contributed by atoms with Crippen LogP contribution in [0.4, 0.5) is 4.39 Å². The van der Waals surface area contributed by atoms with Gasteiger partial charge in [-0.05, 0) is 23.8 Å². The lowest BCUT2D eigenvalue weighted by Gasteiger charge is -2.23. The second-order valence-corrected chi connectivity index (χ2v) is 6.16. The third kappa shape index (κ3) is 4.90. The summed E-state index contributed by atoms with van der Waals surface area (Å²) >= 11 is 6.19. The smallest absolute Gasteiger partial charge is 0.253 e. The van der Waals surface area contributed by atoms with E-state index in [1.165, 1.54) is 24.4 Å². The highest BCUT2D eigenvalue weighted by Crippen LogP contribution is 2.25. The number of pyridine rings is 1. The van der Waals surface area contributed by atoms with Crippen molar-refractivity contribution in [3.05, 3.63) is 58.5 Å². The van der Waals surface area contributed by atoms with E-state index in [9.17, 15) is 9.18 Å². The standard InChI is InChI=1S/C18H18ClFN2O3/c19-16-9-13(11-22-18(16)25-15-5-7-24-8-6-15)17(23)21-10-12-1-3-14(20)4-2-12/h1-4,9,11,15H,5-8,10H2,(H,21,23). The monoisotopic (exact) mass is 364 g/mol. The maximum Gasteiger partial charge on any atom is 0.253 e. The number of carbonyl (C=O) groups excluding carboxylic acids is 1. The van der Waals surface area contributed by atoms with Gasteiger partial charge in [0.2, 0.25) is 5.88 Å². The van der Waals surface area contributed by atoms with Crippen LogP contribution >= 0.6 is 11.6 Å². The molecule has 0 unspecified atom stereocenters. The summed E-state index contributed by atoms with van der Waals surface area (Å²) < 4.78 is 23.9. The number of benzene rings is 1. The summed E-state index contributed by atoms with van der Waals surface area (Å²) in [5.74, 6) is -0.300. The van der Waals surface area contributed by atoms with Crippen LogP contribution in [0.15, 0.2) is 36.5 Å². The van der Waals surface area contributed by atoms with Crippen LogP contribution in [0.5, 0.6) is 5.88 Å². The molecule has 25 heavy (non-hydrogen) atoms. The maximum absolute atomic E-state index is 12.9. The minimum Gasteiger partial charge on any atom is -0.473 e. The first kappa shape index (κ1) is 17.6. The lowest BCUT2D eigenvalue weighted by Crippen LogP contribution is -2.26. The van der Waals surface area contributed by atoms with Crippen LogP contribution in [0.25, 0.3) is 0 Å². The van der Waals surface area contributed by atoms with Crippen LogP contribution in [0.2, 0.25) is 5.02 Å². The molecule has 1 amide bonds. The van der Waals surface area contributed by atoms with Crippen molar-refractivity contribution in [1.29, 1.82) is 0 Å². The number of nitrogens with one attached hydrogen (secondary N) is 1. The van der Waals surface area contributed by atoms with Gasteiger partial charge >= 0.3 is 0 Å². The largest absolute Gasteiger partial charge is 0.473 e. The molecule has 0 saturated carbocycles. The van der Waals surface area contributed by atoms with E-state index >= 15 is 0 Å². The molecule has 2 aromatic rings. The summed E-state index contributed by atoms with van der Waals surface area (Å²) in [6.45, 7) is 1.61. The molecular weight excluding hydrogens is 347 g/mol. The molecule has 7 heteroatoms. The fraction of sp³-hybridized carbons (Fsp3) is 0.333. The molecule has 1 saturated heterocycles. The van der Waals surface area contributed by atoms with Gasteiger partial charge in [-0.3, -0.25) is 4.79 Å². The number of carbonyl (C=O) groups is 1. The average molecular weight is 365 g/mol. The van der Waals surface area contributed by atoms with Crippen LogP contribution in [0, 0.1) is 5.82 Å². The van der Waals surface area contributed by atoms with Gasteiger partial charge in [0.05, 0.1) is 18.8 Å². The van der Waals surface area contributed by atoms with E-state index in [1.807, 2.05) is 0 Å². The maximum atomic E-state index is 12.9. The number of halogens is 2. The minimum atomic E-state index is -0.314. The predicted molar refractivity (Wildman–Crippen MR) is 91.3 cm³/mol. The molecule has 0 radical (unpaired) electrons. The van der Waals surface area contributed by atoms with Crippen LogP contribution in [0.3, 0.4) is 0 Å². The molecule has 5 nitrogen and oxygen atoms in total. The second-order valence-electron chi connectivity index (χ2n) is 5.75. The van der Waals surface area contributed by atoms with Gasteiger partial charge in [0, 0.05) is 25.6 Å². The van der Waals surface area contributed by atoms with Crippen molar-refractivity contribution in [3.63, 3.8) is 0 Å². The van der Waals surface area contributed by atoms with E-state index in [4.69, 9.17) is 21.1 Å². The highest BCUT2D eigenvalue weighted by molar-refractivity contribution is 6.32. The molecule has 1 fully saturated rings. The van der Waals surface area contributed by atoms with Crippen molar-refractivity contribution >= 4 is 17.5 Å². The molecule has 1 aromatic heterocycles. The van der Waals surface area contributed by atoms with Gasteiger partial charge in [0.15, 0.2) is 0 Å². The van der Waals surface area contributed by atoms with Crippen molar-refractivity contribution in [2.75, 3.05) is 13.2 Å². The SMILES string of the molecule is O=C(NCc1ccc(F)cc1)c1cnc(OC2CCOCC2)c(Cl)c1. The zero-order valence-electron chi connectivity index (χ0n) is 13.5. The van der Waals surface area contributed by atoms with E-state index in [-0.39, 0.29) is 24.4 Å². The van der Waals surface area contributed by atoms with Gasteiger partial charge in [-0.25, -0.2) is 9.37 Å². The lowest BCUT2D eigenvalue weighted by atomic mass is 10.1. The fourth-order valence-electron chi connectivity index (χ4n) is 2.47. The summed E-state index contributed by atoms with van der Waals surface area (Å²) in [5, 5.41) is 3.04. The van der Waals surface area contributed by atoms with Crippen LogP contribution in [-0.4, -0.2) is 30.2 Å². The van der Waals surface area contributed by atoms with Crippen molar-refractivity contribution in [3.8, 4) is 5.88 Å². The quantitative estimate of drug-likeness (QED) is 0.883. The van der Waals surface area contributed by atoms with Gasteiger partial charge < -0.3 is 14.8 Å². The number of aromatic nitrogens is 1. The minimum absolute atomic E-state index is 0.0249. The molecule has 1 aliphatic rings. The number of rotatable bonds is 5. The van der Waals surface area contributed by atoms with E-state index in [1.54, 1.807) is 12.1 Å². The summed E-state index contributed by atoms with van der Waals surface area (Å²) in [7, 11) is 0. The Morgan fingerprint density at radius 3 is 2.72 bits per heavy atom. The first-order valence-electron chi connectivity index (χ1n) is 8.04. The molecular formula is C18H18ClFN2O3. The fourth-order valence-corrected chi connectivity index (χ4v) is 2.69. The first-order valence-corrected chi connectivity index (χ1v) is 8.42. The molecule has 1 N–H and O–H groups in total. The van der Waals surface area contributed by atoms with Gasteiger partial charge in [-0.15, -0.1) is 0 Å². The molecule has 0 aliphatic carbocycles. The number of ether oxygens (including phenoxy) is 2. The highest BCUT2D eigenvalue weighted by atomic mass is 35.5. The van der Waals surface area contributed by atoms with Crippen molar-refractivity contribution in [1.82, 2.24) is 10.3 Å². The Morgan fingerprint density at radius 2 is 2.04 bits per heavy atom. The Labute approximate surface area is 150 Å². The highest BCUT2D eigenvalue weighted by Gasteiger charge is 2.18. The molecule has 3 rings (SSSR count). The Balaban J connectivity index is 1.59. The molecule has 2 heterocycles. The third-order valence-corrected chi connectivity index (χ3v) is 4.15. The van der Waals surface area contributed by atoms with E-state index in [2.05, 4.69) is 10.3 Å². The molecule has 0 atom stereocenters. The van der Waals surface area contributed by atoms with Crippen LogP contribution in [0.1, 0.15) is 28.8 Å². The van der Waals surface area contributed by atoms with Gasteiger partial charge in [-0.1, -0.05) is 23.7 Å². The molecule has 132 valence electrons. The zero-order valence-corrected chi connectivity index (χ0v) is 14.3. The summed E-state index contributed by atoms with van der Waals surface area (Å²) in [6, 6.07) is 7.46. The normalized spacial score (nSPS) is 15.0. The topological polar surface area (TPSA) is 60.5 Å². The summed E-state index contributed by atoms with van der Waals surface area (Å²) in [6.07, 6.45) is 3.04. The number of hydrogen-bond acceptors (Lipinski definition) is 4. The predicted octanol–water partition coefficient (Wildman–Crippen LogP) is 3.36. The third-order valence-electron chi connectivity index (χ3n) is 3.88. The van der Waals surface area contributed by atoms with E-state index in [0.29, 0.717) is 29.7 Å². The number of amides is 1. The van der Waals surface area contributed by atoms with E-state index in [0.717, 1.165) is 18.4 Å². The molecule has 1 aliphatic heterocycles. The summed E-state index contributed by atoms with van der Waals surface area (Å²) in [5.41, 5.74) is 1.14. The Morgan fingerprint density at radius 1 is 1.32 bits per heavy atom. The second kappa shape index (κ2) is 8.27. The van der Waals surface area contributed by atoms with Crippen molar-refractivity contribution in [2.45, 2.75) is 25.5 Å². The lowest BCUT2D eigenvalue weighted by molar-refractivity contribution is 0.0238. The van der Waals surface area contributed by atoms with Crippen molar-refractivity contribution < 1.29 is 18.7 Å². The van der Waals surface area contributed by atoms with Gasteiger partial charge in [0.25, 0.3) is 5.91 Å². The molecule has 0 bridgehead atoms. The summed E-state index contributed by atoms with van der Waals surface area (Å²) in [4.78, 5) is 16.4. The zero-order chi connectivity index (χ0) is 17.6. The average Bonchev–Trinajstić information content (AvgIpc) is 2.63. The van der Waals surface area contributed by atoms with Gasteiger partial charge in [0.1, 0.15) is 16.9 Å². The molecule has 0 spiro atoms.